The number of nitrogens with zero attached hydrogens (tertiary/aromatic N) is 1. The average Bonchev–Trinajstić information content (AvgIpc) is 2.79. The Morgan fingerprint density at radius 3 is 1.92 bits per heavy atom. The molecule has 3 aromatic carbocycles. The summed E-state index contributed by atoms with van der Waals surface area (Å²) in [4.78, 5) is 39.5. The highest BCUT2D eigenvalue weighted by atomic mass is 32.3. The maximum atomic E-state index is 13.1. The van der Waals surface area contributed by atoms with Crippen LogP contribution >= 0.6 is 10.0 Å². The first kappa shape index (κ1) is 27.3. The van der Waals surface area contributed by atoms with Crippen molar-refractivity contribution in [1.29, 1.82) is 0 Å². The summed E-state index contributed by atoms with van der Waals surface area (Å²) in [6.45, 7) is 4.83. The van der Waals surface area contributed by atoms with Gasteiger partial charge in [0.05, 0.1) is 12.2 Å². The molecule has 0 atom stereocenters. The van der Waals surface area contributed by atoms with Gasteiger partial charge in [0.1, 0.15) is 6.54 Å². The van der Waals surface area contributed by atoms with Crippen LogP contribution in [0.25, 0.3) is 21.5 Å². The lowest BCUT2D eigenvalue weighted by molar-refractivity contribution is -0.145. The van der Waals surface area contributed by atoms with Crippen LogP contribution in [0.5, 0.6) is 0 Å². The van der Waals surface area contributed by atoms with Gasteiger partial charge in [0.25, 0.3) is 0 Å². The van der Waals surface area contributed by atoms with Gasteiger partial charge < -0.3 is 14.2 Å². The maximum absolute atomic E-state index is 13.1. The quantitative estimate of drug-likeness (QED) is 0.222. The van der Waals surface area contributed by atoms with Crippen molar-refractivity contribution in [3.05, 3.63) is 60.2 Å². The predicted octanol–water partition coefficient (Wildman–Crippen LogP) is 5.58. The zero-order chi connectivity index (χ0) is 26.5. The molecule has 0 fully saturated rings. The van der Waals surface area contributed by atoms with E-state index < -0.39 is 40.4 Å². The lowest BCUT2D eigenvalue weighted by Gasteiger charge is -2.33. The Bertz CT molecular complexity index is 1200. The number of esters is 2. The van der Waals surface area contributed by atoms with Gasteiger partial charge in [-0.3, -0.25) is 9.69 Å². The van der Waals surface area contributed by atoms with Crippen molar-refractivity contribution in [2.24, 2.45) is 0 Å². The Kier molecular flexibility index (Phi) is 8.51. The summed E-state index contributed by atoms with van der Waals surface area (Å²) < 4.78 is 15.9. The standard InChI is InChI=1S/C28H35NO6S/c1-28(2,3)29(18-24(30)33-15-16-36(4,5)6)27(32)35-19-34-26(31)25-22-13-9-7-11-20(22)17-21-12-8-10-14-23(21)25/h7-14,17H,15-16,18-19H2,1-6H3. The number of benzene rings is 3. The SMILES string of the molecule is CC(C)(C)N(CC(=O)OCCS(C)(C)C)C(=O)OCOC(=O)c1c2ccccc2cc2ccccc12. The van der Waals surface area contributed by atoms with E-state index in [0.29, 0.717) is 12.2 Å². The highest BCUT2D eigenvalue weighted by Crippen LogP contribution is 2.33. The van der Waals surface area contributed by atoms with Crippen LogP contribution in [0.15, 0.2) is 54.6 Å². The normalized spacial score (nSPS) is 12.3. The molecule has 0 saturated heterocycles. The predicted molar refractivity (Wildman–Crippen MR) is 146 cm³/mol. The third-order valence-corrected chi connectivity index (χ3v) is 7.02. The first-order valence-electron chi connectivity index (χ1n) is 11.7. The maximum Gasteiger partial charge on any atom is 0.413 e. The van der Waals surface area contributed by atoms with Gasteiger partial charge in [-0.15, -0.1) is 0 Å². The Balaban J connectivity index is 1.67. The van der Waals surface area contributed by atoms with Crippen LogP contribution in [-0.4, -0.2) is 72.9 Å². The first-order chi connectivity index (χ1) is 16.9. The molecule has 36 heavy (non-hydrogen) atoms. The van der Waals surface area contributed by atoms with Crippen LogP contribution in [0.1, 0.15) is 31.1 Å². The lowest BCUT2D eigenvalue weighted by atomic mass is 9.97. The molecule has 0 aliphatic carbocycles. The number of hydrogen-bond acceptors (Lipinski definition) is 6. The number of hydrogen-bond donors (Lipinski definition) is 0. The Morgan fingerprint density at radius 2 is 1.39 bits per heavy atom. The topological polar surface area (TPSA) is 82.1 Å². The summed E-state index contributed by atoms with van der Waals surface area (Å²) in [7, 11) is -0.795. The van der Waals surface area contributed by atoms with E-state index in [4.69, 9.17) is 14.2 Å². The van der Waals surface area contributed by atoms with Crippen molar-refractivity contribution < 1.29 is 28.6 Å². The molecule has 0 bridgehead atoms. The molecule has 8 heteroatoms. The number of ether oxygens (including phenoxy) is 3. The van der Waals surface area contributed by atoms with E-state index in [1.54, 1.807) is 20.8 Å². The molecule has 3 aromatic rings. The van der Waals surface area contributed by atoms with Crippen molar-refractivity contribution in [2.75, 3.05) is 44.5 Å². The van der Waals surface area contributed by atoms with Gasteiger partial charge in [-0.2, -0.15) is 0 Å². The second-order valence-corrected chi connectivity index (χ2v) is 15.0. The monoisotopic (exact) mass is 513 g/mol. The fourth-order valence-electron chi connectivity index (χ4n) is 3.67. The van der Waals surface area contributed by atoms with E-state index in [9.17, 15) is 14.4 Å². The van der Waals surface area contributed by atoms with Crippen molar-refractivity contribution in [3.63, 3.8) is 0 Å². The van der Waals surface area contributed by atoms with Gasteiger partial charge in [0, 0.05) is 11.3 Å². The Hall–Kier alpha value is -3.26. The summed E-state index contributed by atoms with van der Waals surface area (Å²) in [5.74, 6) is -0.315. The van der Waals surface area contributed by atoms with Crippen LogP contribution in [0.2, 0.25) is 0 Å². The molecule has 0 N–H and O–H groups in total. The molecule has 0 aliphatic heterocycles. The van der Waals surface area contributed by atoms with E-state index in [0.717, 1.165) is 27.3 Å². The molecule has 0 aliphatic rings. The van der Waals surface area contributed by atoms with Crippen LogP contribution < -0.4 is 0 Å². The van der Waals surface area contributed by atoms with Crippen molar-refractivity contribution in [2.45, 2.75) is 26.3 Å². The fourth-order valence-corrected chi connectivity index (χ4v) is 4.26. The molecule has 0 unspecified atom stereocenters. The summed E-state index contributed by atoms with van der Waals surface area (Å²) >= 11 is 0. The average molecular weight is 514 g/mol. The zero-order valence-corrected chi connectivity index (χ0v) is 22.6. The van der Waals surface area contributed by atoms with E-state index in [2.05, 4.69) is 18.8 Å². The van der Waals surface area contributed by atoms with Crippen LogP contribution in [0, 0.1) is 0 Å². The molecule has 0 saturated carbocycles. The van der Waals surface area contributed by atoms with E-state index >= 15 is 0 Å². The molecule has 0 heterocycles. The minimum Gasteiger partial charge on any atom is -0.464 e. The largest absolute Gasteiger partial charge is 0.464 e. The second kappa shape index (κ2) is 11.2. The number of amides is 1. The molecule has 0 aromatic heterocycles. The van der Waals surface area contributed by atoms with Gasteiger partial charge >= 0.3 is 18.0 Å². The smallest absolute Gasteiger partial charge is 0.413 e. The molecule has 3 rings (SSSR count). The van der Waals surface area contributed by atoms with Gasteiger partial charge in [0.15, 0.2) is 0 Å². The molecular weight excluding hydrogens is 478 g/mol. The number of carbonyl (C=O) groups is 3. The summed E-state index contributed by atoms with van der Waals surface area (Å²) in [6.07, 6.45) is 5.66. The third-order valence-electron chi connectivity index (χ3n) is 5.62. The highest BCUT2D eigenvalue weighted by molar-refractivity contribution is 8.32. The molecule has 7 nitrogen and oxygen atoms in total. The van der Waals surface area contributed by atoms with Crippen LogP contribution in [0.4, 0.5) is 4.79 Å². The first-order valence-corrected chi connectivity index (χ1v) is 14.7. The van der Waals surface area contributed by atoms with Gasteiger partial charge in [-0.05, 0) is 67.1 Å². The van der Waals surface area contributed by atoms with Crippen molar-refractivity contribution in [1.82, 2.24) is 4.90 Å². The van der Waals surface area contributed by atoms with E-state index in [-0.39, 0.29) is 6.54 Å². The van der Waals surface area contributed by atoms with E-state index in [1.807, 2.05) is 54.6 Å². The minimum atomic E-state index is -0.795. The molecular formula is C28H35NO6S. The molecule has 194 valence electrons. The summed E-state index contributed by atoms with van der Waals surface area (Å²) in [5, 5.41) is 3.32. The zero-order valence-electron chi connectivity index (χ0n) is 21.8. The number of fused-ring (bicyclic) bond motifs is 2. The van der Waals surface area contributed by atoms with Crippen LogP contribution in [0.3, 0.4) is 0 Å². The van der Waals surface area contributed by atoms with Gasteiger partial charge in [0.2, 0.25) is 6.79 Å². The highest BCUT2D eigenvalue weighted by Gasteiger charge is 2.31. The van der Waals surface area contributed by atoms with Crippen LogP contribution in [-0.2, 0) is 19.0 Å². The van der Waals surface area contributed by atoms with Crippen molar-refractivity contribution >= 4 is 49.6 Å². The summed E-state index contributed by atoms with van der Waals surface area (Å²) in [6, 6.07) is 17.1. The number of carbonyl (C=O) groups excluding carboxylic acids is 3. The third kappa shape index (κ3) is 7.13. The Labute approximate surface area is 214 Å². The minimum absolute atomic E-state index is 0.260. The number of rotatable bonds is 8. The molecule has 1 amide bonds. The van der Waals surface area contributed by atoms with Gasteiger partial charge in [-0.1, -0.05) is 48.5 Å². The molecule has 0 radical (unpaired) electrons. The van der Waals surface area contributed by atoms with Crippen molar-refractivity contribution in [3.8, 4) is 0 Å². The van der Waals surface area contributed by atoms with Gasteiger partial charge in [-0.25, -0.2) is 19.6 Å². The molecule has 0 spiro atoms. The summed E-state index contributed by atoms with van der Waals surface area (Å²) in [5.41, 5.74) is -0.293. The fraction of sp³-hybridized carbons (Fsp3) is 0.393. The lowest BCUT2D eigenvalue weighted by Crippen LogP contribution is -2.49. The van der Waals surface area contributed by atoms with E-state index in [1.165, 1.54) is 4.90 Å². The second-order valence-electron chi connectivity index (χ2n) is 10.4. The Morgan fingerprint density at radius 1 is 0.833 bits per heavy atom.